The fourth-order valence-electron chi connectivity index (χ4n) is 3.66. The van der Waals surface area contributed by atoms with Gasteiger partial charge in [-0.3, -0.25) is 9.48 Å². The zero-order valence-corrected chi connectivity index (χ0v) is 21.6. The first-order chi connectivity index (χ1) is 17.2. The molecule has 1 fully saturated rings. The number of nitrogens with one attached hydrogen (secondary N) is 2. The Kier molecular flexibility index (Phi) is 6.55. The Morgan fingerprint density at radius 1 is 1.22 bits per heavy atom. The van der Waals surface area contributed by atoms with E-state index in [9.17, 15) is 4.79 Å². The topological polar surface area (TPSA) is 110 Å². The van der Waals surface area contributed by atoms with E-state index in [1.165, 1.54) is 11.3 Å². The number of anilines is 2. The van der Waals surface area contributed by atoms with Crippen molar-refractivity contribution in [1.29, 1.82) is 0 Å². The van der Waals surface area contributed by atoms with Crippen LogP contribution in [0.25, 0.3) is 11.3 Å². The van der Waals surface area contributed by atoms with E-state index in [4.69, 9.17) is 4.74 Å². The smallest absolute Gasteiger partial charge is 0.263 e. The molecule has 0 aliphatic carbocycles. The van der Waals surface area contributed by atoms with Gasteiger partial charge in [0.25, 0.3) is 5.91 Å². The van der Waals surface area contributed by atoms with Crippen LogP contribution in [0.5, 0.6) is 0 Å². The van der Waals surface area contributed by atoms with Crippen LogP contribution >= 0.6 is 11.3 Å². The van der Waals surface area contributed by atoms with Gasteiger partial charge in [-0.05, 0) is 30.2 Å². The summed E-state index contributed by atoms with van der Waals surface area (Å²) in [6, 6.07) is 7.99. The summed E-state index contributed by atoms with van der Waals surface area (Å²) in [5.41, 5.74) is 4.66. The Balaban J connectivity index is 1.22. The van der Waals surface area contributed by atoms with Crippen LogP contribution in [0.4, 0.5) is 11.6 Å². The minimum absolute atomic E-state index is 0.0700. The quantitative estimate of drug-likeness (QED) is 0.341. The van der Waals surface area contributed by atoms with Crippen LogP contribution in [0.1, 0.15) is 46.6 Å². The molecule has 0 bridgehead atoms. The molecule has 186 valence electrons. The van der Waals surface area contributed by atoms with Gasteiger partial charge in [0.15, 0.2) is 0 Å². The molecular weight excluding hydrogens is 474 g/mol. The molecule has 1 aliphatic rings. The summed E-state index contributed by atoms with van der Waals surface area (Å²) in [5.74, 6) is 0.397. The number of carbonyl (C=O) groups is 1. The van der Waals surface area contributed by atoms with Crippen molar-refractivity contribution in [2.24, 2.45) is 0 Å². The van der Waals surface area contributed by atoms with E-state index in [1.807, 2.05) is 36.0 Å². The molecule has 5 rings (SSSR count). The third kappa shape index (κ3) is 5.77. The van der Waals surface area contributed by atoms with E-state index in [0.29, 0.717) is 17.4 Å². The van der Waals surface area contributed by atoms with E-state index >= 15 is 0 Å². The minimum Gasteiger partial charge on any atom is -0.371 e. The first-order valence-electron chi connectivity index (χ1n) is 11.8. The number of thiazole rings is 1. The number of epoxide rings is 1. The summed E-state index contributed by atoms with van der Waals surface area (Å²) >= 11 is 1.44. The van der Waals surface area contributed by atoms with Crippen LogP contribution in [0.2, 0.25) is 0 Å². The average molecular weight is 504 g/mol. The Hall–Kier alpha value is -3.63. The molecule has 0 radical (unpaired) electrons. The zero-order valence-electron chi connectivity index (χ0n) is 20.8. The highest BCUT2D eigenvalue weighted by Crippen LogP contribution is 2.27. The zero-order chi connectivity index (χ0) is 25.3. The largest absolute Gasteiger partial charge is 0.371 e. The highest BCUT2D eigenvalue weighted by molar-refractivity contribution is 7.13. The van der Waals surface area contributed by atoms with Crippen LogP contribution in [-0.4, -0.2) is 43.4 Å². The monoisotopic (exact) mass is 503 g/mol. The fourth-order valence-corrected chi connectivity index (χ4v) is 4.55. The van der Waals surface area contributed by atoms with Gasteiger partial charge in [0.1, 0.15) is 11.0 Å². The standard InChI is InChI=1S/C26H29N7O2S/c1-16-9-17(5-6-18(16)10-28-23(34)22-12-29-24(36-22)26(2,3)4)21-7-8-27-25(32-21)31-19-11-30-33(13-19)14-20-15-35-20/h5-9,11-13,20H,10,14-15H2,1-4H3,(H,28,34)(H,27,31,32)/t20-/m0/s1. The molecule has 10 heteroatoms. The molecule has 1 amide bonds. The molecule has 1 aliphatic heterocycles. The van der Waals surface area contributed by atoms with Crippen LogP contribution in [0.3, 0.4) is 0 Å². The number of carbonyl (C=O) groups excluding carboxylic acids is 1. The van der Waals surface area contributed by atoms with Crippen molar-refractivity contribution in [2.45, 2.75) is 52.3 Å². The molecule has 2 N–H and O–H groups in total. The maximum absolute atomic E-state index is 12.6. The van der Waals surface area contributed by atoms with E-state index in [0.717, 1.165) is 46.2 Å². The van der Waals surface area contributed by atoms with Gasteiger partial charge in [-0.2, -0.15) is 5.10 Å². The van der Waals surface area contributed by atoms with Crippen LogP contribution in [0, 0.1) is 6.92 Å². The Bertz CT molecular complexity index is 1380. The lowest BCUT2D eigenvalue weighted by molar-refractivity contribution is 0.0954. The van der Waals surface area contributed by atoms with Gasteiger partial charge >= 0.3 is 0 Å². The number of aromatic nitrogens is 5. The average Bonchev–Trinajstić information content (AvgIpc) is 3.31. The first-order valence-corrected chi connectivity index (χ1v) is 12.6. The van der Waals surface area contributed by atoms with E-state index in [-0.39, 0.29) is 17.4 Å². The summed E-state index contributed by atoms with van der Waals surface area (Å²) < 4.78 is 7.10. The number of rotatable bonds is 8. The van der Waals surface area contributed by atoms with Crippen molar-refractivity contribution in [1.82, 2.24) is 30.0 Å². The highest BCUT2D eigenvalue weighted by Gasteiger charge is 2.23. The molecule has 36 heavy (non-hydrogen) atoms. The molecule has 3 aromatic heterocycles. The third-order valence-electron chi connectivity index (χ3n) is 5.79. The van der Waals surface area contributed by atoms with Gasteiger partial charge in [0.2, 0.25) is 5.95 Å². The van der Waals surface area contributed by atoms with Crippen molar-refractivity contribution >= 4 is 28.9 Å². The van der Waals surface area contributed by atoms with Crippen molar-refractivity contribution in [3.63, 3.8) is 0 Å². The van der Waals surface area contributed by atoms with E-state index in [2.05, 4.69) is 57.5 Å². The molecule has 1 saturated heterocycles. The molecule has 1 aromatic carbocycles. The number of hydrogen-bond donors (Lipinski definition) is 2. The lowest BCUT2D eigenvalue weighted by atomic mass is 9.98. The van der Waals surface area contributed by atoms with Crippen LogP contribution in [-0.2, 0) is 23.2 Å². The molecule has 4 heterocycles. The summed E-state index contributed by atoms with van der Waals surface area (Å²) in [6.45, 7) is 10.3. The maximum atomic E-state index is 12.6. The highest BCUT2D eigenvalue weighted by atomic mass is 32.1. The lowest BCUT2D eigenvalue weighted by Gasteiger charge is -2.13. The van der Waals surface area contributed by atoms with Gasteiger partial charge < -0.3 is 15.4 Å². The second-order valence-corrected chi connectivity index (χ2v) is 10.9. The SMILES string of the molecule is Cc1cc(-c2ccnc(Nc3cnn(C[C@H]4CO4)c3)n2)ccc1CNC(=O)c1cnc(C(C)(C)C)s1. The van der Waals surface area contributed by atoms with E-state index in [1.54, 1.807) is 18.6 Å². The molecule has 4 aromatic rings. The number of benzene rings is 1. The Morgan fingerprint density at radius 3 is 2.78 bits per heavy atom. The second-order valence-electron chi connectivity index (χ2n) is 9.90. The summed E-state index contributed by atoms with van der Waals surface area (Å²) in [5, 5.41) is 11.5. The van der Waals surface area contributed by atoms with Crippen molar-refractivity contribution < 1.29 is 9.53 Å². The minimum atomic E-state index is -0.106. The Morgan fingerprint density at radius 2 is 2.06 bits per heavy atom. The van der Waals surface area contributed by atoms with Gasteiger partial charge in [-0.15, -0.1) is 11.3 Å². The Labute approximate surface area is 214 Å². The van der Waals surface area contributed by atoms with Crippen molar-refractivity contribution in [3.8, 4) is 11.3 Å². The van der Waals surface area contributed by atoms with Crippen molar-refractivity contribution in [3.05, 3.63) is 70.1 Å². The van der Waals surface area contributed by atoms with Gasteiger partial charge in [-0.1, -0.05) is 32.9 Å². The molecule has 0 spiro atoms. The van der Waals surface area contributed by atoms with Crippen LogP contribution < -0.4 is 10.6 Å². The lowest BCUT2D eigenvalue weighted by Crippen LogP contribution is -2.22. The third-order valence-corrected chi connectivity index (χ3v) is 7.21. The molecule has 1 atom stereocenters. The molecule has 0 unspecified atom stereocenters. The number of nitrogens with zero attached hydrogens (tertiary/aromatic N) is 5. The second kappa shape index (κ2) is 9.79. The summed E-state index contributed by atoms with van der Waals surface area (Å²) in [6.07, 6.45) is 7.33. The van der Waals surface area contributed by atoms with Gasteiger partial charge in [0.05, 0.1) is 41.9 Å². The maximum Gasteiger partial charge on any atom is 0.263 e. The van der Waals surface area contributed by atoms with E-state index < -0.39 is 0 Å². The predicted octanol–water partition coefficient (Wildman–Crippen LogP) is 4.47. The van der Waals surface area contributed by atoms with Gasteiger partial charge in [-0.25, -0.2) is 15.0 Å². The normalized spacial score (nSPS) is 15.1. The predicted molar refractivity (Wildman–Crippen MR) is 139 cm³/mol. The summed E-state index contributed by atoms with van der Waals surface area (Å²) in [4.78, 5) is 26.7. The summed E-state index contributed by atoms with van der Waals surface area (Å²) in [7, 11) is 0. The van der Waals surface area contributed by atoms with Crippen molar-refractivity contribution in [2.75, 3.05) is 11.9 Å². The molecule has 9 nitrogen and oxygen atoms in total. The molecular formula is C26H29N7O2S. The van der Waals surface area contributed by atoms with Crippen LogP contribution in [0.15, 0.2) is 49.1 Å². The van der Waals surface area contributed by atoms with Gasteiger partial charge in [0, 0.05) is 29.9 Å². The number of ether oxygens (including phenoxy) is 1. The first kappa shape index (κ1) is 24.1. The number of aryl methyl sites for hydroxylation is 1. The number of hydrogen-bond acceptors (Lipinski definition) is 8. The number of amides is 1. The molecule has 0 saturated carbocycles. The fraction of sp³-hybridized carbons (Fsp3) is 0.346.